The second-order valence-corrected chi connectivity index (χ2v) is 14.8. The smallest absolute Gasteiger partial charge is 0.245 e. The van der Waals surface area contributed by atoms with Gasteiger partial charge in [-0.05, 0) is 74.0 Å². The molecule has 8 N–H and O–H groups in total. The zero-order valence-electron chi connectivity index (χ0n) is 30.4. The molecule has 2 aliphatic rings. The number of aliphatic hydroxyl groups is 1. The van der Waals surface area contributed by atoms with E-state index in [2.05, 4.69) is 20.9 Å². The highest BCUT2D eigenvalue weighted by atomic mass is 16.3. The largest absolute Gasteiger partial charge is 0.395 e. The molecule has 0 aliphatic carbocycles. The molecule has 2 heterocycles. The van der Waals surface area contributed by atoms with Crippen molar-refractivity contribution in [2.75, 3.05) is 45.9 Å². The fourth-order valence-electron chi connectivity index (χ4n) is 7.24. The summed E-state index contributed by atoms with van der Waals surface area (Å²) < 4.78 is 0. The first-order chi connectivity index (χ1) is 24.5. The van der Waals surface area contributed by atoms with Crippen molar-refractivity contribution in [3.63, 3.8) is 0 Å². The van der Waals surface area contributed by atoms with Crippen LogP contribution in [0.4, 0.5) is 0 Å². The monoisotopic (exact) mass is 705 g/mol. The lowest BCUT2D eigenvalue weighted by molar-refractivity contribution is -0.141. The number of rotatable bonds is 19. The molecule has 12 heteroatoms. The Labute approximate surface area is 303 Å². The summed E-state index contributed by atoms with van der Waals surface area (Å²) in [6.07, 6.45) is 4.49. The van der Waals surface area contributed by atoms with Gasteiger partial charge in [0.1, 0.15) is 18.1 Å². The van der Waals surface area contributed by atoms with Crippen LogP contribution in [0.3, 0.4) is 0 Å². The predicted octanol–water partition coefficient (Wildman–Crippen LogP) is 1.35. The van der Waals surface area contributed by atoms with Gasteiger partial charge in [0.05, 0.1) is 12.6 Å². The molecule has 0 radical (unpaired) electrons. The van der Waals surface area contributed by atoms with Gasteiger partial charge in [-0.2, -0.15) is 0 Å². The molecule has 4 amide bonds. The molecule has 280 valence electrons. The van der Waals surface area contributed by atoms with Gasteiger partial charge in [0.15, 0.2) is 0 Å². The van der Waals surface area contributed by atoms with Crippen LogP contribution in [-0.4, -0.2) is 109 Å². The van der Waals surface area contributed by atoms with Crippen molar-refractivity contribution in [3.8, 4) is 0 Å². The van der Waals surface area contributed by atoms with Gasteiger partial charge < -0.3 is 37.4 Å². The summed E-state index contributed by atoms with van der Waals surface area (Å²) >= 11 is 0. The summed E-state index contributed by atoms with van der Waals surface area (Å²) in [5, 5.41) is 18.0. The number of carbonyl (C=O) groups excluding carboxylic acids is 4. The number of unbranched alkanes of at least 4 members (excludes halogenated alkanes) is 1. The van der Waals surface area contributed by atoms with Gasteiger partial charge in [0.2, 0.25) is 23.6 Å². The van der Waals surface area contributed by atoms with E-state index < -0.39 is 41.9 Å². The van der Waals surface area contributed by atoms with Crippen molar-refractivity contribution >= 4 is 23.6 Å². The topological polar surface area (TPSA) is 183 Å². The zero-order valence-corrected chi connectivity index (χ0v) is 30.4. The Balaban J connectivity index is 1.44. The Morgan fingerprint density at radius 2 is 1.33 bits per heavy atom. The van der Waals surface area contributed by atoms with Gasteiger partial charge in [-0.3, -0.25) is 24.1 Å². The molecule has 0 aromatic heterocycles. The molecule has 0 saturated carbocycles. The normalized spacial score (nSPS) is 18.0. The number of hydrogen-bond acceptors (Lipinski definition) is 8. The SMILES string of the molecule is CC(C)CC(NC(=O)C(Cc1ccccc1)NC(=O)C(N)Cc1ccccc1)C(=O)NC(CCCCN)C(=O)N1CCC2(CC1)CN(CCO)C2. The second-order valence-electron chi connectivity index (χ2n) is 14.8. The van der Waals surface area contributed by atoms with Gasteiger partial charge in [-0.15, -0.1) is 0 Å². The van der Waals surface area contributed by atoms with E-state index in [1.54, 1.807) is 0 Å². The van der Waals surface area contributed by atoms with Gasteiger partial charge in [-0.1, -0.05) is 74.5 Å². The number of benzene rings is 2. The van der Waals surface area contributed by atoms with E-state index in [1.807, 2.05) is 79.4 Å². The number of nitrogens with zero attached hydrogens (tertiary/aromatic N) is 2. The van der Waals surface area contributed by atoms with Gasteiger partial charge >= 0.3 is 0 Å². The minimum absolute atomic E-state index is 0.0556. The van der Waals surface area contributed by atoms with Gasteiger partial charge in [0.25, 0.3) is 0 Å². The molecule has 4 unspecified atom stereocenters. The first-order valence-corrected chi connectivity index (χ1v) is 18.6. The van der Waals surface area contributed by atoms with E-state index in [9.17, 15) is 24.3 Å². The molecule has 2 fully saturated rings. The van der Waals surface area contributed by atoms with Crippen molar-refractivity contribution in [2.24, 2.45) is 22.8 Å². The molecule has 2 saturated heterocycles. The minimum atomic E-state index is -0.980. The third-order valence-corrected chi connectivity index (χ3v) is 10.1. The molecule has 2 aromatic carbocycles. The molecular weight excluding hydrogens is 646 g/mol. The lowest BCUT2D eigenvalue weighted by Crippen LogP contribution is -2.62. The standard InChI is InChI=1S/C39H59N7O5/c1-28(2)23-33(36(49)42-32(15-9-10-18-40)38(51)46-19-16-39(17-20-46)26-45(27-39)21-22-47)44-37(50)34(25-30-13-7-4-8-14-30)43-35(48)31(41)24-29-11-5-3-6-12-29/h3-8,11-14,28,31-34,47H,9-10,15-27,40-41H2,1-2H3,(H,42,49)(H,43,48)(H,44,50). The number of aliphatic hydroxyl groups excluding tert-OH is 1. The summed E-state index contributed by atoms with van der Waals surface area (Å²) in [6, 6.07) is 15.3. The van der Waals surface area contributed by atoms with E-state index in [1.165, 1.54) is 0 Å². The van der Waals surface area contributed by atoms with Crippen LogP contribution in [0.5, 0.6) is 0 Å². The maximum absolute atomic E-state index is 14.0. The number of amides is 4. The van der Waals surface area contributed by atoms with Crippen molar-refractivity contribution < 1.29 is 24.3 Å². The Morgan fingerprint density at radius 3 is 1.90 bits per heavy atom. The Kier molecular flexibility index (Phi) is 15.4. The average molecular weight is 706 g/mol. The van der Waals surface area contributed by atoms with Gasteiger partial charge in [-0.25, -0.2) is 0 Å². The number of nitrogens with two attached hydrogens (primary N) is 2. The number of carbonyl (C=O) groups is 4. The third kappa shape index (κ3) is 12.1. The molecule has 4 atom stereocenters. The van der Waals surface area contributed by atoms with Crippen LogP contribution in [0.25, 0.3) is 0 Å². The fourth-order valence-corrected chi connectivity index (χ4v) is 7.24. The minimum Gasteiger partial charge on any atom is -0.395 e. The van der Waals surface area contributed by atoms with E-state index in [4.69, 9.17) is 11.5 Å². The lowest BCUT2D eigenvalue weighted by atomic mass is 9.72. The molecule has 0 bridgehead atoms. The van der Waals surface area contributed by atoms with E-state index in [0.717, 1.165) is 43.5 Å². The summed E-state index contributed by atoms with van der Waals surface area (Å²) in [5.41, 5.74) is 14.0. The molecule has 4 rings (SSSR count). The van der Waals surface area contributed by atoms with Crippen LogP contribution < -0.4 is 27.4 Å². The van der Waals surface area contributed by atoms with Crippen LogP contribution in [0, 0.1) is 11.3 Å². The van der Waals surface area contributed by atoms with E-state index in [-0.39, 0.29) is 30.3 Å². The number of β-amino-alcohol motifs (C(OH)–C–C–N with tert-alkyl or cyclic N) is 1. The Morgan fingerprint density at radius 1 is 0.784 bits per heavy atom. The van der Waals surface area contributed by atoms with Crippen molar-refractivity contribution in [2.45, 2.75) is 89.4 Å². The average Bonchev–Trinajstić information content (AvgIpc) is 3.10. The summed E-state index contributed by atoms with van der Waals surface area (Å²) in [5.74, 6) is -1.45. The Hall–Kier alpha value is -3.84. The number of nitrogens with one attached hydrogen (secondary N) is 3. The Bertz CT molecular complexity index is 1390. The van der Waals surface area contributed by atoms with Crippen LogP contribution in [0.15, 0.2) is 60.7 Å². The molecular formula is C39H59N7O5. The highest BCUT2D eigenvalue weighted by Crippen LogP contribution is 2.40. The first kappa shape index (κ1) is 39.9. The van der Waals surface area contributed by atoms with E-state index in [0.29, 0.717) is 51.9 Å². The predicted molar refractivity (Wildman–Crippen MR) is 198 cm³/mol. The lowest BCUT2D eigenvalue weighted by Gasteiger charge is -2.54. The summed E-state index contributed by atoms with van der Waals surface area (Å²) in [4.78, 5) is 59.2. The van der Waals surface area contributed by atoms with Crippen molar-refractivity contribution in [1.82, 2.24) is 25.8 Å². The van der Waals surface area contributed by atoms with Crippen molar-refractivity contribution in [1.29, 1.82) is 0 Å². The maximum Gasteiger partial charge on any atom is 0.245 e. The number of likely N-dealkylation sites (tertiary alicyclic amines) is 2. The summed E-state index contributed by atoms with van der Waals surface area (Å²) in [6.45, 7) is 8.36. The quantitative estimate of drug-likeness (QED) is 0.118. The van der Waals surface area contributed by atoms with E-state index >= 15 is 0 Å². The highest BCUT2D eigenvalue weighted by Gasteiger charge is 2.45. The van der Waals surface area contributed by atoms with Crippen LogP contribution in [0.2, 0.25) is 0 Å². The van der Waals surface area contributed by atoms with Crippen LogP contribution in [-0.2, 0) is 32.0 Å². The second kappa shape index (κ2) is 19.7. The highest BCUT2D eigenvalue weighted by molar-refractivity contribution is 5.95. The number of hydrogen-bond donors (Lipinski definition) is 6. The maximum atomic E-state index is 14.0. The van der Waals surface area contributed by atoms with Crippen molar-refractivity contribution in [3.05, 3.63) is 71.8 Å². The molecule has 12 nitrogen and oxygen atoms in total. The fraction of sp³-hybridized carbons (Fsp3) is 0.590. The molecule has 51 heavy (non-hydrogen) atoms. The number of piperidine rings is 1. The van der Waals surface area contributed by atoms with Crippen LogP contribution >= 0.6 is 0 Å². The first-order valence-electron chi connectivity index (χ1n) is 18.6. The molecule has 2 aliphatic heterocycles. The third-order valence-electron chi connectivity index (χ3n) is 10.1. The summed E-state index contributed by atoms with van der Waals surface area (Å²) in [7, 11) is 0. The molecule has 1 spiro atoms. The van der Waals surface area contributed by atoms with Crippen LogP contribution in [0.1, 0.15) is 63.5 Å². The van der Waals surface area contributed by atoms with Gasteiger partial charge in [0, 0.05) is 39.1 Å². The zero-order chi connectivity index (χ0) is 36.8. The molecule has 2 aromatic rings.